The summed E-state index contributed by atoms with van der Waals surface area (Å²) in [5.41, 5.74) is 1.22. The fraction of sp³-hybridized carbons (Fsp3) is 0.158. The van der Waals surface area contributed by atoms with Gasteiger partial charge in [0, 0.05) is 17.5 Å². The molecule has 1 heterocycles. The summed E-state index contributed by atoms with van der Waals surface area (Å²) >= 11 is 1.48. The fourth-order valence-corrected chi connectivity index (χ4v) is 3.06. The number of nitrogens with one attached hydrogen (secondary N) is 1. The number of nitrogens with zero attached hydrogens (tertiary/aromatic N) is 1. The van der Waals surface area contributed by atoms with Gasteiger partial charge < -0.3 is 4.74 Å². The van der Waals surface area contributed by atoms with E-state index >= 15 is 0 Å². The maximum Gasteiger partial charge on any atom is 0.266 e. The fourth-order valence-electron chi connectivity index (χ4n) is 2.21. The summed E-state index contributed by atoms with van der Waals surface area (Å²) in [5.74, 6) is 0.462. The molecule has 1 unspecified atom stereocenters. The summed E-state index contributed by atoms with van der Waals surface area (Å²) in [6, 6.07) is 19.5. The van der Waals surface area contributed by atoms with Crippen LogP contribution in [0.25, 0.3) is 0 Å². The highest BCUT2D eigenvalue weighted by molar-refractivity contribution is 7.15. The molecular weight excluding hydrogens is 320 g/mol. The van der Waals surface area contributed by atoms with Gasteiger partial charge in [0.05, 0.1) is 0 Å². The van der Waals surface area contributed by atoms with E-state index in [1.165, 1.54) is 16.9 Å². The number of benzene rings is 2. The van der Waals surface area contributed by atoms with E-state index in [-0.39, 0.29) is 5.91 Å². The van der Waals surface area contributed by atoms with Gasteiger partial charge in [-0.2, -0.15) is 0 Å². The van der Waals surface area contributed by atoms with Crippen molar-refractivity contribution in [2.45, 2.75) is 19.4 Å². The van der Waals surface area contributed by atoms with Crippen molar-refractivity contribution in [1.29, 1.82) is 0 Å². The van der Waals surface area contributed by atoms with E-state index in [0.29, 0.717) is 10.9 Å². The third-order valence-corrected chi connectivity index (χ3v) is 4.34. The molecule has 1 atom stereocenters. The van der Waals surface area contributed by atoms with E-state index in [9.17, 15) is 4.79 Å². The van der Waals surface area contributed by atoms with Crippen molar-refractivity contribution >= 4 is 22.4 Å². The second kappa shape index (κ2) is 7.75. The van der Waals surface area contributed by atoms with E-state index in [4.69, 9.17) is 4.74 Å². The normalized spacial score (nSPS) is 11.7. The van der Waals surface area contributed by atoms with Crippen LogP contribution in [0.5, 0.6) is 5.75 Å². The number of ether oxygens (including phenoxy) is 1. The molecule has 0 saturated heterocycles. The number of carbonyl (C=O) groups is 1. The molecule has 0 fully saturated rings. The Morgan fingerprint density at radius 2 is 1.79 bits per heavy atom. The van der Waals surface area contributed by atoms with Gasteiger partial charge in [0.15, 0.2) is 11.2 Å². The van der Waals surface area contributed by atoms with E-state index in [1.54, 1.807) is 13.1 Å². The molecule has 2 aromatic carbocycles. The second-order valence-electron chi connectivity index (χ2n) is 5.36. The number of carbonyl (C=O) groups excluding carboxylic acids is 1. The molecule has 24 heavy (non-hydrogen) atoms. The van der Waals surface area contributed by atoms with Gasteiger partial charge in [-0.25, -0.2) is 4.98 Å². The number of rotatable bonds is 6. The summed E-state index contributed by atoms with van der Waals surface area (Å²) in [6.07, 6.45) is 2.02. The number of para-hydroxylation sites is 1. The highest BCUT2D eigenvalue weighted by Crippen LogP contribution is 2.21. The molecule has 1 amide bonds. The van der Waals surface area contributed by atoms with Crippen LogP contribution in [-0.4, -0.2) is 17.0 Å². The zero-order valence-electron chi connectivity index (χ0n) is 13.3. The number of thiazole rings is 1. The topological polar surface area (TPSA) is 51.2 Å². The van der Waals surface area contributed by atoms with Crippen LogP contribution in [0.1, 0.15) is 17.4 Å². The summed E-state index contributed by atoms with van der Waals surface area (Å²) in [4.78, 5) is 17.6. The van der Waals surface area contributed by atoms with Crippen LogP contribution in [0, 0.1) is 0 Å². The lowest BCUT2D eigenvalue weighted by atomic mass is 10.1. The quantitative estimate of drug-likeness (QED) is 0.735. The first-order valence-electron chi connectivity index (χ1n) is 7.72. The Balaban J connectivity index is 1.57. The maximum atomic E-state index is 12.2. The Hall–Kier alpha value is -2.66. The molecule has 1 aromatic heterocycles. The number of aromatic nitrogens is 1. The highest BCUT2D eigenvalue weighted by Gasteiger charge is 2.16. The molecule has 3 aromatic rings. The Labute approximate surface area is 145 Å². The predicted octanol–water partition coefficient (Wildman–Crippen LogP) is 4.14. The van der Waals surface area contributed by atoms with Gasteiger partial charge in [0.2, 0.25) is 0 Å². The summed E-state index contributed by atoms with van der Waals surface area (Å²) in [5, 5.41) is 3.40. The maximum absolute atomic E-state index is 12.2. The van der Waals surface area contributed by atoms with Crippen molar-refractivity contribution in [3.63, 3.8) is 0 Å². The van der Waals surface area contributed by atoms with E-state index < -0.39 is 6.10 Å². The largest absolute Gasteiger partial charge is 0.481 e. The number of anilines is 1. The molecule has 0 saturated carbocycles. The first-order valence-corrected chi connectivity index (χ1v) is 8.53. The summed E-state index contributed by atoms with van der Waals surface area (Å²) in [6.45, 7) is 1.72. The van der Waals surface area contributed by atoms with Crippen LogP contribution >= 0.6 is 11.3 Å². The summed E-state index contributed by atoms with van der Waals surface area (Å²) < 4.78 is 5.62. The van der Waals surface area contributed by atoms with Crippen LogP contribution in [0.2, 0.25) is 0 Å². The lowest BCUT2D eigenvalue weighted by molar-refractivity contribution is -0.122. The standard InChI is InChI=1S/C19H18N2O2S/c1-14(23-16-10-6-3-7-11-16)18(22)21-19-20-13-17(24-19)12-15-8-4-2-5-9-15/h2-11,13-14H,12H2,1H3,(H,20,21,22). The third kappa shape index (κ3) is 4.43. The number of hydrogen-bond acceptors (Lipinski definition) is 4. The van der Waals surface area contributed by atoms with Gasteiger partial charge in [-0.3, -0.25) is 10.1 Å². The van der Waals surface area contributed by atoms with E-state index in [1.807, 2.05) is 48.5 Å². The van der Waals surface area contributed by atoms with Gasteiger partial charge >= 0.3 is 0 Å². The van der Waals surface area contributed by atoms with Gasteiger partial charge in [-0.05, 0) is 24.6 Å². The molecule has 1 N–H and O–H groups in total. The molecule has 0 radical (unpaired) electrons. The van der Waals surface area contributed by atoms with Crippen molar-refractivity contribution in [1.82, 2.24) is 4.98 Å². The van der Waals surface area contributed by atoms with Crippen molar-refractivity contribution < 1.29 is 9.53 Å². The zero-order valence-corrected chi connectivity index (χ0v) is 14.1. The Morgan fingerprint density at radius 1 is 1.12 bits per heavy atom. The second-order valence-corrected chi connectivity index (χ2v) is 6.47. The smallest absolute Gasteiger partial charge is 0.266 e. The monoisotopic (exact) mass is 338 g/mol. The lowest BCUT2D eigenvalue weighted by Crippen LogP contribution is -2.30. The molecule has 4 nitrogen and oxygen atoms in total. The van der Waals surface area contributed by atoms with Gasteiger partial charge in [0.1, 0.15) is 5.75 Å². The van der Waals surface area contributed by atoms with Crippen LogP contribution < -0.4 is 10.1 Å². The molecule has 0 bridgehead atoms. The van der Waals surface area contributed by atoms with E-state index in [2.05, 4.69) is 22.4 Å². The minimum atomic E-state index is -0.589. The molecule has 5 heteroatoms. The van der Waals surface area contributed by atoms with Crippen LogP contribution in [-0.2, 0) is 11.2 Å². The average molecular weight is 338 g/mol. The Bertz CT molecular complexity index is 787. The van der Waals surface area contributed by atoms with Crippen LogP contribution in [0.4, 0.5) is 5.13 Å². The summed E-state index contributed by atoms with van der Waals surface area (Å²) in [7, 11) is 0. The lowest BCUT2D eigenvalue weighted by Gasteiger charge is -2.13. The molecule has 122 valence electrons. The minimum absolute atomic E-state index is 0.209. The van der Waals surface area contributed by atoms with Crippen molar-refractivity contribution in [3.05, 3.63) is 77.3 Å². The molecular formula is C19H18N2O2S. The average Bonchev–Trinajstić information content (AvgIpc) is 3.03. The third-order valence-electron chi connectivity index (χ3n) is 3.43. The zero-order chi connectivity index (χ0) is 16.8. The number of amides is 1. The molecule has 0 aliphatic heterocycles. The van der Waals surface area contributed by atoms with Gasteiger partial charge in [0.25, 0.3) is 5.91 Å². The van der Waals surface area contributed by atoms with Crippen LogP contribution in [0.3, 0.4) is 0 Å². The van der Waals surface area contributed by atoms with Crippen molar-refractivity contribution in [3.8, 4) is 5.75 Å². The first kappa shape index (κ1) is 16.2. The number of hydrogen-bond donors (Lipinski definition) is 1. The van der Waals surface area contributed by atoms with Crippen LogP contribution in [0.15, 0.2) is 66.9 Å². The molecule has 0 spiro atoms. The molecule has 0 aliphatic rings. The van der Waals surface area contributed by atoms with E-state index in [0.717, 1.165) is 11.3 Å². The van der Waals surface area contributed by atoms with Gasteiger partial charge in [-0.1, -0.05) is 48.5 Å². The predicted molar refractivity (Wildman–Crippen MR) is 96.5 cm³/mol. The molecule has 0 aliphatic carbocycles. The van der Waals surface area contributed by atoms with Gasteiger partial charge in [-0.15, -0.1) is 11.3 Å². The Kier molecular flexibility index (Phi) is 5.23. The van der Waals surface area contributed by atoms with Crippen molar-refractivity contribution in [2.75, 3.05) is 5.32 Å². The SMILES string of the molecule is CC(Oc1ccccc1)C(=O)Nc1ncc(Cc2ccccc2)s1. The minimum Gasteiger partial charge on any atom is -0.481 e. The molecule has 3 rings (SSSR count). The first-order chi connectivity index (χ1) is 11.7. The Morgan fingerprint density at radius 3 is 2.50 bits per heavy atom. The highest BCUT2D eigenvalue weighted by atomic mass is 32.1. The van der Waals surface area contributed by atoms with Crippen molar-refractivity contribution in [2.24, 2.45) is 0 Å².